The zero-order valence-corrected chi connectivity index (χ0v) is 12.2. The van der Waals surface area contributed by atoms with Crippen molar-refractivity contribution in [2.24, 2.45) is 0 Å². The number of nitrogens with zero attached hydrogens (tertiary/aromatic N) is 2. The van der Waals surface area contributed by atoms with Crippen LogP contribution in [0.15, 0.2) is 36.7 Å². The molecule has 2 rings (SSSR count). The van der Waals surface area contributed by atoms with Crippen molar-refractivity contribution in [2.45, 2.75) is 6.92 Å². The van der Waals surface area contributed by atoms with Gasteiger partial charge in [-0.25, -0.2) is 9.48 Å². The van der Waals surface area contributed by atoms with Crippen LogP contribution in [0.5, 0.6) is 0 Å². The van der Waals surface area contributed by atoms with Crippen LogP contribution in [0.1, 0.15) is 15.9 Å². The molecule has 1 aromatic heterocycles. The van der Waals surface area contributed by atoms with Gasteiger partial charge in [-0.1, -0.05) is 0 Å². The van der Waals surface area contributed by atoms with E-state index < -0.39 is 5.97 Å². The summed E-state index contributed by atoms with van der Waals surface area (Å²) in [6, 6.07) is 7.16. The van der Waals surface area contributed by atoms with Crippen molar-refractivity contribution in [1.82, 2.24) is 15.1 Å². The third kappa shape index (κ3) is 4.16. The van der Waals surface area contributed by atoms with Gasteiger partial charge in [-0.15, -0.1) is 0 Å². The van der Waals surface area contributed by atoms with Gasteiger partial charge < -0.3 is 15.2 Å². The van der Waals surface area contributed by atoms with Crippen LogP contribution in [0.4, 0.5) is 0 Å². The molecule has 0 aliphatic heterocycles. The molecule has 0 fully saturated rings. The van der Waals surface area contributed by atoms with Gasteiger partial charge in [0, 0.05) is 24.5 Å². The first-order chi connectivity index (χ1) is 10.6. The van der Waals surface area contributed by atoms with E-state index in [2.05, 4.69) is 10.4 Å². The van der Waals surface area contributed by atoms with Crippen LogP contribution < -0.4 is 5.32 Å². The van der Waals surface area contributed by atoms with E-state index in [1.807, 2.05) is 25.3 Å². The first-order valence-electron chi connectivity index (χ1n) is 6.76. The van der Waals surface area contributed by atoms with Gasteiger partial charge in [0.2, 0.25) is 0 Å². The van der Waals surface area contributed by atoms with Crippen molar-refractivity contribution < 1.29 is 19.4 Å². The smallest absolute Gasteiger partial charge is 0.329 e. The molecule has 2 aromatic rings. The Hall–Kier alpha value is -2.67. The fraction of sp³-hybridized carbons (Fsp3) is 0.267. The van der Waals surface area contributed by atoms with E-state index >= 15 is 0 Å². The van der Waals surface area contributed by atoms with Crippen molar-refractivity contribution >= 4 is 11.9 Å². The van der Waals surface area contributed by atoms with E-state index in [0.717, 1.165) is 11.3 Å². The number of carbonyl (C=O) groups excluding carboxylic acids is 1. The molecule has 0 spiro atoms. The topological polar surface area (TPSA) is 93.5 Å². The van der Waals surface area contributed by atoms with Gasteiger partial charge in [-0.2, -0.15) is 5.10 Å². The molecule has 0 atom stereocenters. The van der Waals surface area contributed by atoms with Gasteiger partial charge in [0.15, 0.2) is 0 Å². The number of nitrogens with one attached hydrogen (secondary N) is 1. The van der Waals surface area contributed by atoms with Crippen molar-refractivity contribution in [1.29, 1.82) is 0 Å². The first kappa shape index (κ1) is 15.7. The fourth-order valence-electron chi connectivity index (χ4n) is 1.96. The molecule has 0 aliphatic carbocycles. The largest absolute Gasteiger partial charge is 0.480 e. The van der Waals surface area contributed by atoms with Gasteiger partial charge in [-0.05, 0) is 36.8 Å². The third-order valence-corrected chi connectivity index (χ3v) is 2.97. The minimum atomic E-state index is -1.03. The monoisotopic (exact) mass is 303 g/mol. The molecule has 22 heavy (non-hydrogen) atoms. The summed E-state index contributed by atoms with van der Waals surface area (Å²) in [6.45, 7) is 1.95. The molecule has 0 saturated heterocycles. The lowest BCUT2D eigenvalue weighted by atomic mass is 10.1. The van der Waals surface area contributed by atoms with Gasteiger partial charge in [0.05, 0.1) is 12.3 Å². The highest BCUT2D eigenvalue weighted by atomic mass is 16.5. The summed E-state index contributed by atoms with van der Waals surface area (Å²) >= 11 is 0. The maximum atomic E-state index is 12.0. The van der Waals surface area contributed by atoms with Crippen molar-refractivity contribution in [3.63, 3.8) is 0 Å². The Morgan fingerprint density at radius 2 is 2.23 bits per heavy atom. The number of aryl methyl sites for hydroxylation is 1. The van der Waals surface area contributed by atoms with E-state index in [4.69, 9.17) is 9.84 Å². The molecule has 0 saturated carbocycles. The van der Waals surface area contributed by atoms with Crippen molar-refractivity contribution in [3.8, 4) is 5.69 Å². The summed E-state index contributed by atoms with van der Waals surface area (Å²) in [5, 5.41) is 15.2. The molecule has 1 amide bonds. The number of carboxylic acids is 1. The normalized spacial score (nSPS) is 10.4. The second-order valence-electron chi connectivity index (χ2n) is 4.65. The van der Waals surface area contributed by atoms with Crippen LogP contribution in [-0.4, -0.2) is 46.5 Å². The molecule has 116 valence electrons. The number of aliphatic carboxylic acids is 1. The Morgan fingerprint density at radius 3 is 2.86 bits per heavy atom. The zero-order valence-electron chi connectivity index (χ0n) is 12.2. The standard InChI is InChI=1S/C15H17N3O4/c1-11-9-12(3-4-13(11)18-7-2-5-17-18)15(21)16-6-8-22-10-14(19)20/h2-5,7,9H,6,8,10H2,1H3,(H,16,21)(H,19,20). The molecule has 7 nitrogen and oxygen atoms in total. The SMILES string of the molecule is Cc1cc(C(=O)NCCOCC(=O)O)ccc1-n1cccn1. The third-order valence-electron chi connectivity index (χ3n) is 2.97. The summed E-state index contributed by atoms with van der Waals surface area (Å²) in [5.74, 6) is -1.26. The number of hydrogen-bond acceptors (Lipinski definition) is 4. The van der Waals surface area contributed by atoms with E-state index in [1.54, 1.807) is 23.0 Å². The Bertz CT molecular complexity index is 653. The van der Waals surface area contributed by atoms with E-state index in [0.29, 0.717) is 5.56 Å². The molecule has 0 radical (unpaired) electrons. The zero-order chi connectivity index (χ0) is 15.9. The lowest BCUT2D eigenvalue weighted by molar-refractivity contribution is -0.142. The summed E-state index contributed by atoms with van der Waals surface area (Å²) < 4.78 is 6.58. The van der Waals surface area contributed by atoms with Crippen LogP contribution in [0, 0.1) is 6.92 Å². The molecular formula is C15H17N3O4. The predicted octanol–water partition coefficient (Wildman–Crippen LogP) is 1.01. The quantitative estimate of drug-likeness (QED) is 0.745. The number of carboxylic acid groups (broad SMARTS) is 1. The predicted molar refractivity (Wildman–Crippen MR) is 79.1 cm³/mol. The number of ether oxygens (including phenoxy) is 1. The highest BCUT2D eigenvalue weighted by molar-refractivity contribution is 5.94. The first-order valence-corrected chi connectivity index (χ1v) is 6.76. The second kappa shape index (κ2) is 7.37. The lowest BCUT2D eigenvalue weighted by Gasteiger charge is -2.09. The lowest BCUT2D eigenvalue weighted by Crippen LogP contribution is -2.28. The van der Waals surface area contributed by atoms with Crippen LogP contribution in [0.25, 0.3) is 5.69 Å². The van der Waals surface area contributed by atoms with Crippen molar-refractivity contribution in [2.75, 3.05) is 19.8 Å². The molecule has 0 unspecified atom stereocenters. The number of rotatable bonds is 7. The second-order valence-corrected chi connectivity index (χ2v) is 4.65. The number of aromatic nitrogens is 2. The molecule has 0 bridgehead atoms. The van der Waals surface area contributed by atoms with Crippen molar-refractivity contribution in [3.05, 3.63) is 47.8 Å². The summed E-state index contributed by atoms with van der Waals surface area (Å²) in [6.07, 6.45) is 3.53. The minimum Gasteiger partial charge on any atom is -0.480 e. The highest BCUT2D eigenvalue weighted by Crippen LogP contribution is 2.14. The van der Waals surface area contributed by atoms with Crippen LogP contribution in [0.3, 0.4) is 0 Å². The molecule has 0 aliphatic rings. The Labute approximate surface area is 127 Å². The van der Waals surface area contributed by atoms with Gasteiger partial charge in [0.1, 0.15) is 6.61 Å². The molecule has 7 heteroatoms. The number of carbonyl (C=O) groups is 2. The molecule has 1 heterocycles. The molecule has 2 N–H and O–H groups in total. The summed E-state index contributed by atoms with van der Waals surface area (Å²) in [4.78, 5) is 22.3. The van der Waals surface area contributed by atoms with Gasteiger partial charge in [-0.3, -0.25) is 4.79 Å². The van der Waals surface area contributed by atoms with E-state index in [9.17, 15) is 9.59 Å². The minimum absolute atomic E-state index is 0.155. The van der Waals surface area contributed by atoms with Crippen LogP contribution >= 0.6 is 0 Å². The average molecular weight is 303 g/mol. The fourth-order valence-corrected chi connectivity index (χ4v) is 1.96. The van der Waals surface area contributed by atoms with Crippen LogP contribution in [-0.2, 0) is 9.53 Å². The van der Waals surface area contributed by atoms with Gasteiger partial charge >= 0.3 is 5.97 Å². The number of benzene rings is 1. The summed E-state index contributed by atoms with van der Waals surface area (Å²) in [5.41, 5.74) is 2.37. The highest BCUT2D eigenvalue weighted by Gasteiger charge is 2.08. The van der Waals surface area contributed by atoms with Crippen LogP contribution in [0.2, 0.25) is 0 Å². The van der Waals surface area contributed by atoms with E-state index in [-0.39, 0.29) is 25.7 Å². The van der Waals surface area contributed by atoms with Gasteiger partial charge in [0.25, 0.3) is 5.91 Å². The van der Waals surface area contributed by atoms with E-state index in [1.165, 1.54) is 0 Å². The number of hydrogen-bond donors (Lipinski definition) is 2. The average Bonchev–Trinajstić information content (AvgIpc) is 3.00. The number of amides is 1. The Kier molecular flexibility index (Phi) is 5.26. The maximum Gasteiger partial charge on any atom is 0.329 e. The summed E-state index contributed by atoms with van der Waals surface area (Å²) in [7, 11) is 0. The molecule has 1 aromatic carbocycles. The Balaban J connectivity index is 1.91. The maximum absolute atomic E-state index is 12.0. The molecular weight excluding hydrogens is 286 g/mol. The Morgan fingerprint density at radius 1 is 1.41 bits per heavy atom.